The second-order valence-corrected chi connectivity index (χ2v) is 3.59. The predicted octanol–water partition coefficient (Wildman–Crippen LogP) is 0.722. The molecule has 0 unspecified atom stereocenters. The zero-order valence-corrected chi connectivity index (χ0v) is 6.93. The number of hydrogen-bond donors (Lipinski definition) is 2. The summed E-state index contributed by atoms with van der Waals surface area (Å²) in [7, 11) is 0. The maximum atomic E-state index is 5.50. The second-order valence-electron chi connectivity index (χ2n) is 3.59. The molecule has 10 heavy (non-hydrogen) atoms. The Morgan fingerprint density at radius 3 is 2.50 bits per heavy atom. The van der Waals surface area contributed by atoms with Crippen molar-refractivity contribution in [3.63, 3.8) is 0 Å². The van der Waals surface area contributed by atoms with Crippen LogP contribution < -0.4 is 11.1 Å². The fourth-order valence-corrected chi connectivity index (χ4v) is 1.54. The summed E-state index contributed by atoms with van der Waals surface area (Å²) >= 11 is 0. The zero-order chi connectivity index (χ0) is 7.56. The maximum Gasteiger partial charge on any atom is 0.00756 e. The van der Waals surface area contributed by atoms with Gasteiger partial charge in [-0.15, -0.1) is 0 Å². The van der Waals surface area contributed by atoms with E-state index in [1.54, 1.807) is 0 Å². The van der Waals surface area contributed by atoms with Gasteiger partial charge in [0.1, 0.15) is 0 Å². The van der Waals surface area contributed by atoms with E-state index in [4.69, 9.17) is 5.73 Å². The molecule has 1 fully saturated rings. The van der Waals surface area contributed by atoms with Gasteiger partial charge in [0.2, 0.25) is 0 Å². The van der Waals surface area contributed by atoms with Gasteiger partial charge in [0.05, 0.1) is 0 Å². The predicted molar refractivity (Wildman–Crippen MR) is 43.8 cm³/mol. The Balaban J connectivity index is 2.03. The first kappa shape index (κ1) is 8.02. The quantitative estimate of drug-likeness (QED) is 0.609. The molecule has 0 radical (unpaired) electrons. The Morgan fingerprint density at radius 2 is 2.10 bits per heavy atom. The van der Waals surface area contributed by atoms with Crippen LogP contribution in [0.25, 0.3) is 0 Å². The van der Waals surface area contributed by atoms with Crippen LogP contribution in [-0.4, -0.2) is 18.6 Å². The highest BCUT2D eigenvalue weighted by molar-refractivity contribution is 4.86. The van der Waals surface area contributed by atoms with E-state index in [1.807, 2.05) is 0 Å². The molecular formula is C8H18N2. The average molecular weight is 142 g/mol. The standard InChI is InChI=1S/C8H18N2/c1-6(2)10-8-3-7(4-8)5-9/h6-8,10H,3-5,9H2,1-2H3. The third-order valence-electron chi connectivity index (χ3n) is 2.14. The lowest BCUT2D eigenvalue weighted by atomic mass is 9.80. The number of rotatable bonds is 3. The van der Waals surface area contributed by atoms with Crippen LogP contribution in [0.2, 0.25) is 0 Å². The van der Waals surface area contributed by atoms with Crippen LogP contribution in [0.1, 0.15) is 26.7 Å². The summed E-state index contributed by atoms with van der Waals surface area (Å²) in [5.74, 6) is 0.802. The number of hydrogen-bond acceptors (Lipinski definition) is 2. The normalized spacial score (nSPS) is 32.4. The summed E-state index contributed by atoms with van der Waals surface area (Å²) < 4.78 is 0. The smallest absolute Gasteiger partial charge is 0.00756 e. The topological polar surface area (TPSA) is 38.0 Å². The molecule has 3 N–H and O–H groups in total. The highest BCUT2D eigenvalue weighted by atomic mass is 15.0. The van der Waals surface area contributed by atoms with Crippen LogP contribution in [0.15, 0.2) is 0 Å². The van der Waals surface area contributed by atoms with Gasteiger partial charge in [-0.05, 0) is 25.3 Å². The van der Waals surface area contributed by atoms with Crippen LogP contribution in [0.4, 0.5) is 0 Å². The lowest BCUT2D eigenvalue weighted by Crippen LogP contribution is -2.46. The summed E-state index contributed by atoms with van der Waals surface area (Å²) in [6.07, 6.45) is 2.57. The molecule has 1 aliphatic carbocycles. The SMILES string of the molecule is CC(C)NC1CC(CN)C1. The largest absolute Gasteiger partial charge is 0.330 e. The first-order valence-corrected chi connectivity index (χ1v) is 4.18. The fraction of sp³-hybridized carbons (Fsp3) is 1.00. The van der Waals surface area contributed by atoms with Crippen molar-refractivity contribution in [2.75, 3.05) is 6.54 Å². The van der Waals surface area contributed by atoms with E-state index in [1.165, 1.54) is 12.8 Å². The second kappa shape index (κ2) is 3.35. The molecule has 1 saturated carbocycles. The fourth-order valence-electron chi connectivity index (χ4n) is 1.54. The molecule has 0 spiro atoms. The Hall–Kier alpha value is -0.0800. The first-order valence-electron chi connectivity index (χ1n) is 4.18. The van der Waals surface area contributed by atoms with Crippen LogP contribution in [0, 0.1) is 5.92 Å². The van der Waals surface area contributed by atoms with Gasteiger partial charge in [-0.3, -0.25) is 0 Å². The highest BCUT2D eigenvalue weighted by Crippen LogP contribution is 2.26. The monoisotopic (exact) mass is 142 g/mol. The minimum atomic E-state index is 0.628. The Labute approximate surface area is 63.2 Å². The molecule has 0 amide bonds. The Morgan fingerprint density at radius 1 is 1.50 bits per heavy atom. The van der Waals surface area contributed by atoms with Gasteiger partial charge < -0.3 is 11.1 Å². The third-order valence-corrected chi connectivity index (χ3v) is 2.14. The molecule has 60 valence electrons. The summed E-state index contributed by atoms with van der Waals surface area (Å²) in [6.45, 7) is 5.25. The summed E-state index contributed by atoms with van der Waals surface area (Å²) in [5.41, 5.74) is 5.50. The van der Waals surface area contributed by atoms with Crippen molar-refractivity contribution in [2.24, 2.45) is 11.7 Å². The molecule has 0 heterocycles. The van der Waals surface area contributed by atoms with E-state index < -0.39 is 0 Å². The number of nitrogens with one attached hydrogen (secondary N) is 1. The van der Waals surface area contributed by atoms with Gasteiger partial charge in [-0.1, -0.05) is 13.8 Å². The minimum Gasteiger partial charge on any atom is -0.330 e. The molecule has 0 aromatic rings. The van der Waals surface area contributed by atoms with E-state index in [0.29, 0.717) is 6.04 Å². The van der Waals surface area contributed by atoms with E-state index in [-0.39, 0.29) is 0 Å². The molecule has 1 rings (SSSR count). The van der Waals surface area contributed by atoms with Gasteiger partial charge in [0, 0.05) is 12.1 Å². The van der Waals surface area contributed by atoms with E-state index in [0.717, 1.165) is 18.5 Å². The van der Waals surface area contributed by atoms with Crippen molar-refractivity contribution in [1.29, 1.82) is 0 Å². The van der Waals surface area contributed by atoms with Gasteiger partial charge in [0.25, 0.3) is 0 Å². The summed E-state index contributed by atoms with van der Waals surface area (Å²) in [6, 6.07) is 1.39. The maximum absolute atomic E-state index is 5.50. The van der Waals surface area contributed by atoms with E-state index >= 15 is 0 Å². The number of nitrogens with two attached hydrogens (primary N) is 1. The molecule has 0 aromatic heterocycles. The van der Waals surface area contributed by atoms with Gasteiger partial charge in [-0.2, -0.15) is 0 Å². The molecule has 0 aromatic carbocycles. The third kappa shape index (κ3) is 1.96. The molecule has 1 aliphatic rings. The highest BCUT2D eigenvalue weighted by Gasteiger charge is 2.27. The van der Waals surface area contributed by atoms with Gasteiger partial charge >= 0.3 is 0 Å². The molecule has 2 heteroatoms. The van der Waals surface area contributed by atoms with E-state index in [2.05, 4.69) is 19.2 Å². The lowest BCUT2D eigenvalue weighted by Gasteiger charge is -2.36. The van der Waals surface area contributed by atoms with E-state index in [9.17, 15) is 0 Å². The van der Waals surface area contributed by atoms with Gasteiger partial charge in [0.15, 0.2) is 0 Å². The lowest BCUT2D eigenvalue weighted by molar-refractivity contribution is 0.218. The van der Waals surface area contributed by atoms with Crippen molar-refractivity contribution in [3.05, 3.63) is 0 Å². The molecular weight excluding hydrogens is 124 g/mol. The van der Waals surface area contributed by atoms with Crippen molar-refractivity contribution in [1.82, 2.24) is 5.32 Å². The molecule has 0 saturated heterocycles. The first-order chi connectivity index (χ1) is 4.72. The van der Waals surface area contributed by atoms with Crippen molar-refractivity contribution >= 4 is 0 Å². The molecule has 0 bridgehead atoms. The average Bonchev–Trinajstić information content (AvgIpc) is 1.76. The van der Waals surface area contributed by atoms with Crippen molar-refractivity contribution in [2.45, 2.75) is 38.8 Å². The van der Waals surface area contributed by atoms with Crippen molar-refractivity contribution < 1.29 is 0 Å². The minimum absolute atomic E-state index is 0.628. The zero-order valence-electron chi connectivity index (χ0n) is 6.93. The van der Waals surface area contributed by atoms with Crippen LogP contribution in [-0.2, 0) is 0 Å². The van der Waals surface area contributed by atoms with Crippen molar-refractivity contribution in [3.8, 4) is 0 Å². The molecule has 0 aliphatic heterocycles. The molecule has 2 nitrogen and oxygen atoms in total. The molecule has 0 atom stereocenters. The van der Waals surface area contributed by atoms with Crippen LogP contribution >= 0.6 is 0 Å². The van der Waals surface area contributed by atoms with Gasteiger partial charge in [-0.25, -0.2) is 0 Å². The van der Waals surface area contributed by atoms with Crippen LogP contribution in [0.3, 0.4) is 0 Å². The summed E-state index contributed by atoms with van der Waals surface area (Å²) in [5, 5.41) is 3.49. The Kier molecular flexibility index (Phi) is 2.69. The Bertz CT molecular complexity index is 95.4. The van der Waals surface area contributed by atoms with Crippen LogP contribution in [0.5, 0.6) is 0 Å². The summed E-state index contributed by atoms with van der Waals surface area (Å²) in [4.78, 5) is 0.